The first-order valence-electron chi connectivity index (χ1n) is 16.8. The predicted octanol–water partition coefficient (Wildman–Crippen LogP) is 4.81. The van der Waals surface area contributed by atoms with E-state index in [0.29, 0.717) is 4.47 Å². The van der Waals surface area contributed by atoms with E-state index in [0.717, 1.165) is 37.7 Å². The third-order valence-corrected chi connectivity index (χ3v) is 8.22. The first kappa shape index (κ1) is 40.1. The molecule has 50 heavy (non-hydrogen) atoms. The number of carbonyl (C=O) groups excluding carboxylic acids is 6. The Bertz CT molecular complexity index is 1490. The van der Waals surface area contributed by atoms with Crippen molar-refractivity contribution in [3.63, 3.8) is 0 Å². The van der Waals surface area contributed by atoms with Crippen LogP contribution < -0.4 is 21.3 Å². The van der Waals surface area contributed by atoms with Crippen LogP contribution in [0.25, 0.3) is 0 Å². The number of amides is 4. The van der Waals surface area contributed by atoms with Crippen molar-refractivity contribution in [3.05, 3.63) is 64.1 Å². The fourth-order valence-corrected chi connectivity index (χ4v) is 5.75. The lowest BCUT2D eigenvalue weighted by molar-refractivity contribution is -0.146. The van der Waals surface area contributed by atoms with E-state index in [-0.39, 0.29) is 43.4 Å². The molecule has 0 spiro atoms. The molecule has 4 N–H and O–H groups in total. The van der Waals surface area contributed by atoms with E-state index in [2.05, 4.69) is 37.2 Å². The molecule has 0 aliphatic heterocycles. The number of Topliss-reactive ketones (excluding diaryl/α,β-unsaturated/α-hetero) is 1. The highest BCUT2D eigenvalue weighted by atomic mass is 79.9. The minimum absolute atomic E-state index is 0.0730. The fourth-order valence-electron chi connectivity index (χ4n) is 5.38. The summed E-state index contributed by atoms with van der Waals surface area (Å²) in [7, 11) is 0. The summed E-state index contributed by atoms with van der Waals surface area (Å²) >= 11 is 3.37. The highest BCUT2D eigenvalue weighted by molar-refractivity contribution is 9.10. The van der Waals surface area contributed by atoms with Gasteiger partial charge in [-0.05, 0) is 63.8 Å². The number of ether oxygens (including phenoxy) is 3. The highest BCUT2D eigenvalue weighted by Gasteiger charge is 2.33. The Labute approximate surface area is 301 Å². The van der Waals surface area contributed by atoms with Crippen molar-refractivity contribution in [1.29, 1.82) is 0 Å². The zero-order valence-electron chi connectivity index (χ0n) is 29.0. The van der Waals surface area contributed by atoms with Crippen molar-refractivity contribution in [2.24, 2.45) is 5.92 Å². The molecule has 0 radical (unpaired) electrons. The molecule has 0 heterocycles. The largest absolute Gasteiger partial charge is 0.465 e. The Morgan fingerprint density at radius 1 is 0.920 bits per heavy atom. The number of ketones is 1. The summed E-state index contributed by atoms with van der Waals surface area (Å²) in [4.78, 5) is 78.3. The van der Waals surface area contributed by atoms with Gasteiger partial charge in [0, 0.05) is 4.47 Å². The molecule has 13 nitrogen and oxygen atoms in total. The lowest BCUT2D eigenvalue weighted by atomic mass is 9.84. The molecule has 0 bridgehead atoms. The van der Waals surface area contributed by atoms with Crippen molar-refractivity contribution >= 4 is 57.2 Å². The maximum absolute atomic E-state index is 14.0. The molecule has 4 amide bonds. The van der Waals surface area contributed by atoms with Crippen LogP contribution in [-0.2, 0) is 40.0 Å². The van der Waals surface area contributed by atoms with E-state index in [1.165, 1.54) is 12.1 Å². The fraction of sp³-hybridized carbons (Fsp3) is 0.500. The van der Waals surface area contributed by atoms with E-state index >= 15 is 0 Å². The lowest BCUT2D eigenvalue weighted by Gasteiger charge is -2.28. The average molecular weight is 760 g/mol. The number of benzene rings is 2. The van der Waals surface area contributed by atoms with Gasteiger partial charge >= 0.3 is 12.1 Å². The van der Waals surface area contributed by atoms with Gasteiger partial charge in [-0.15, -0.1) is 0 Å². The van der Waals surface area contributed by atoms with Crippen LogP contribution in [0.3, 0.4) is 0 Å². The molecule has 272 valence electrons. The summed E-state index contributed by atoms with van der Waals surface area (Å²) in [5.74, 6) is -4.08. The van der Waals surface area contributed by atoms with Gasteiger partial charge in [-0.1, -0.05) is 78.4 Å². The zero-order valence-corrected chi connectivity index (χ0v) is 30.6. The average Bonchev–Trinajstić information content (AvgIpc) is 3.07. The van der Waals surface area contributed by atoms with Gasteiger partial charge in [-0.25, -0.2) is 4.79 Å². The van der Waals surface area contributed by atoms with Crippen molar-refractivity contribution in [1.82, 2.24) is 16.0 Å². The van der Waals surface area contributed by atoms with Gasteiger partial charge in [-0.2, -0.15) is 0 Å². The Balaban J connectivity index is 1.84. The summed E-state index contributed by atoms with van der Waals surface area (Å²) in [6.07, 6.45) is 4.29. The monoisotopic (exact) mass is 758 g/mol. The second-order valence-electron chi connectivity index (χ2n) is 13.0. The number of rotatable bonds is 16. The SMILES string of the molecule is CCOC(=O)CNC(=O)C(=O)[C@@H](COCc1ccccc1)NC(=O)[C@@H](CC1CCCCC1)NC(=O)c1cc(Br)ccc1NC(=O)OC(C)(C)C. The summed E-state index contributed by atoms with van der Waals surface area (Å²) in [6, 6.07) is 11.3. The molecule has 2 aromatic rings. The van der Waals surface area contributed by atoms with Crippen molar-refractivity contribution in [2.75, 3.05) is 25.1 Å². The molecule has 1 fully saturated rings. The van der Waals surface area contributed by atoms with E-state index in [1.807, 2.05) is 30.3 Å². The summed E-state index contributed by atoms with van der Waals surface area (Å²) in [6.45, 7) is 6.06. The van der Waals surface area contributed by atoms with Gasteiger partial charge < -0.3 is 30.2 Å². The minimum Gasteiger partial charge on any atom is -0.465 e. The molecule has 0 aromatic heterocycles. The van der Waals surface area contributed by atoms with E-state index in [4.69, 9.17) is 14.2 Å². The van der Waals surface area contributed by atoms with Gasteiger partial charge in [0.15, 0.2) is 0 Å². The maximum atomic E-state index is 14.0. The highest BCUT2D eigenvalue weighted by Crippen LogP contribution is 2.28. The molecule has 1 aliphatic carbocycles. The summed E-state index contributed by atoms with van der Waals surface area (Å²) < 4.78 is 16.5. The van der Waals surface area contributed by atoms with Crippen LogP contribution in [0.1, 0.15) is 82.1 Å². The van der Waals surface area contributed by atoms with Crippen LogP contribution in [0.5, 0.6) is 0 Å². The second kappa shape index (κ2) is 19.8. The Kier molecular flexibility index (Phi) is 15.9. The Morgan fingerprint density at radius 3 is 2.28 bits per heavy atom. The number of esters is 1. The number of carbonyl (C=O) groups is 6. The van der Waals surface area contributed by atoms with Crippen LogP contribution in [-0.4, -0.2) is 73.0 Å². The van der Waals surface area contributed by atoms with Crippen molar-refractivity contribution in [3.8, 4) is 0 Å². The van der Waals surface area contributed by atoms with E-state index in [1.54, 1.807) is 33.8 Å². The smallest absolute Gasteiger partial charge is 0.412 e. The van der Waals surface area contributed by atoms with Crippen LogP contribution in [0.15, 0.2) is 53.0 Å². The van der Waals surface area contributed by atoms with Crippen LogP contribution in [0.4, 0.5) is 10.5 Å². The number of hydrogen-bond acceptors (Lipinski definition) is 9. The quantitative estimate of drug-likeness (QED) is 0.138. The molecule has 0 unspecified atom stereocenters. The topological polar surface area (TPSA) is 178 Å². The maximum Gasteiger partial charge on any atom is 0.412 e. The summed E-state index contributed by atoms with van der Waals surface area (Å²) in [5.41, 5.74) is 0.268. The number of anilines is 1. The third-order valence-electron chi connectivity index (χ3n) is 7.73. The molecule has 2 atom stereocenters. The first-order chi connectivity index (χ1) is 23.8. The first-order valence-corrected chi connectivity index (χ1v) is 17.5. The number of hydrogen-bond donors (Lipinski definition) is 4. The molecular weight excluding hydrogens is 712 g/mol. The molecular formula is C36H47BrN4O9. The minimum atomic E-state index is -1.44. The molecule has 0 saturated heterocycles. The molecule has 3 rings (SSSR count). The van der Waals surface area contributed by atoms with Crippen LogP contribution >= 0.6 is 15.9 Å². The molecule has 1 aliphatic rings. The standard InChI is InChI=1S/C36H47BrN4O9/c1-5-49-30(42)20-38-34(46)31(43)29(22-48-21-24-14-10-7-11-15-24)40-33(45)28(18-23-12-8-6-9-13-23)39-32(44)26-19-25(37)16-17-27(26)41-35(47)50-36(2,3)4/h7,10-11,14-17,19,23,28-29H,5-6,8-9,12-13,18,20-22H2,1-4H3,(H,38,46)(H,39,44)(H,40,45)(H,41,47)/t28-,29-/m1/s1. The zero-order chi connectivity index (χ0) is 36.7. The van der Waals surface area contributed by atoms with Gasteiger partial charge in [0.2, 0.25) is 11.7 Å². The Hall–Kier alpha value is -4.30. The van der Waals surface area contributed by atoms with Gasteiger partial charge in [0.05, 0.1) is 31.1 Å². The third kappa shape index (κ3) is 13.9. The second-order valence-corrected chi connectivity index (χ2v) is 13.9. The number of nitrogens with one attached hydrogen (secondary N) is 4. The van der Waals surface area contributed by atoms with Crippen molar-refractivity contribution < 1.29 is 43.0 Å². The predicted molar refractivity (Wildman–Crippen MR) is 189 cm³/mol. The summed E-state index contributed by atoms with van der Waals surface area (Å²) in [5, 5.41) is 10.3. The Morgan fingerprint density at radius 2 is 1.62 bits per heavy atom. The normalized spacial score (nSPS) is 14.4. The molecule has 1 saturated carbocycles. The van der Waals surface area contributed by atoms with Gasteiger partial charge in [-0.3, -0.25) is 29.3 Å². The van der Waals surface area contributed by atoms with Crippen molar-refractivity contribution in [2.45, 2.75) is 90.5 Å². The van der Waals surface area contributed by atoms with Gasteiger partial charge in [0.1, 0.15) is 24.2 Å². The van der Waals surface area contributed by atoms with E-state index in [9.17, 15) is 28.8 Å². The van der Waals surface area contributed by atoms with Crippen LogP contribution in [0, 0.1) is 5.92 Å². The van der Waals surface area contributed by atoms with Crippen LogP contribution in [0.2, 0.25) is 0 Å². The molecule has 14 heteroatoms. The van der Waals surface area contributed by atoms with Gasteiger partial charge in [0.25, 0.3) is 11.8 Å². The lowest BCUT2D eigenvalue weighted by Crippen LogP contribution is -2.56. The molecule has 2 aromatic carbocycles. The number of halogens is 1. The van der Waals surface area contributed by atoms with E-state index < -0.39 is 59.8 Å².